The highest BCUT2D eigenvalue weighted by Crippen LogP contribution is 2.07. The highest BCUT2D eigenvalue weighted by Gasteiger charge is 2.09. The van der Waals surface area contributed by atoms with Gasteiger partial charge in [0, 0.05) is 0 Å². The summed E-state index contributed by atoms with van der Waals surface area (Å²) in [5.74, 6) is -0.786. The Hall–Kier alpha value is -1.84. The number of hydrogen-bond donors (Lipinski definition) is 0. The highest BCUT2D eigenvalue weighted by atomic mass is 16.5. The van der Waals surface area contributed by atoms with Crippen molar-refractivity contribution in [1.82, 2.24) is 0 Å². The maximum atomic E-state index is 11.5. The lowest BCUT2D eigenvalue weighted by atomic mass is 10.1. The molecule has 1 rings (SSSR count). The van der Waals surface area contributed by atoms with Crippen LogP contribution in [0.25, 0.3) is 0 Å². The second-order valence-corrected chi connectivity index (χ2v) is 3.56. The lowest BCUT2D eigenvalue weighted by molar-refractivity contribution is 0.0498. The molecule has 4 heteroatoms. The minimum atomic E-state index is -0.420. The van der Waals surface area contributed by atoms with Crippen molar-refractivity contribution in [2.24, 2.45) is 0 Å². The maximum Gasteiger partial charge on any atom is 0.338 e. The van der Waals surface area contributed by atoms with E-state index in [1.807, 2.05) is 6.92 Å². The summed E-state index contributed by atoms with van der Waals surface area (Å²) in [7, 11) is 1.31. The van der Waals surface area contributed by atoms with Gasteiger partial charge < -0.3 is 9.47 Å². The summed E-state index contributed by atoms with van der Waals surface area (Å²) < 4.78 is 9.60. The van der Waals surface area contributed by atoms with Gasteiger partial charge in [-0.1, -0.05) is 20.8 Å². The fourth-order valence-electron chi connectivity index (χ4n) is 1.25. The van der Waals surface area contributed by atoms with E-state index in [0.717, 1.165) is 12.8 Å². The number of carbonyl (C=O) groups is 2. The van der Waals surface area contributed by atoms with Crippen LogP contribution < -0.4 is 0 Å². The summed E-state index contributed by atoms with van der Waals surface area (Å²) in [6.45, 7) is 2.45. The molecule has 0 unspecified atom stereocenters. The summed E-state index contributed by atoms with van der Waals surface area (Å²) in [6, 6.07) is 6.20. The third-order valence-electron chi connectivity index (χ3n) is 2.27. The summed E-state index contributed by atoms with van der Waals surface area (Å²) in [5, 5.41) is 0. The molecule has 0 fully saturated rings. The van der Waals surface area contributed by atoms with Crippen molar-refractivity contribution >= 4 is 11.9 Å². The van der Waals surface area contributed by atoms with Crippen molar-refractivity contribution in [1.29, 1.82) is 0 Å². The number of esters is 2. The molecule has 0 aliphatic heterocycles. The standard InChI is InChI=1S/C13H16O4.CH4/c1-3-4-9-17-13(15)11-7-5-10(6-8-11)12(14)16-2;/h5-8H,3-4,9H2,1-2H3;1H4. The van der Waals surface area contributed by atoms with Crippen LogP contribution in [0.4, 0.5) is 0 Å². The molecule has 1 aromatic rings. The fourth-order valence-corrected chi connectivity index (χ4v) is 1.25. The van der Waals surface area contributed by atoms with E-state index >= 15 is 0 Å². The number of carbonyl (C=O) groups excluding carboxylic acids is 2. The van der Waals surface area contributed by atoms with Gasteiger partial charge in [0.25, 0.3) is 0 Å². The lowest BCUT2D eigenvalue weighted by Crippen LogP contribution is -2.07. The first kappa shape index (κ1) is 16.2. The van der Waals surface area contributed by atoms with E-state index in [1.165, 1.54) is 7.11 Å². The van der Waals surface area contributed by atoms with E-state index in [-0.39, 0.29) is 13.4 Å². The van der Waals surface area contributed by atoms with E-state index in [4.69, 9.17) is 4.74 Å². The molecule has 0 aromatic heterocycles. The van der Waals surface area contributed by atoms with E-state index in [0.29, 0.717) is 17.7 Å². The van der Waals surface area contributed by atoms with Crippen molar-refractivity contribution in [2.45, 2.75) is 27.2 Å². The molecule has 0 N–H and O–H groups in total. The predicted octanol–water partition coefficient (Wildman–Crippen LogP) is 3.07. The highest BCUT2D eigenvalue weighted by molar-refractivity contribution is 5.93. The molecule has 4 nitrogen and oxygen atoms in total. The van der Waals surface area contributed by atoms with E-state index < -0.39 is 5.97 Å². The molecule has 0 bridgehead atoms. The fraction of sp³-hybridized carbons (Fsp3) is 0.429. The second kappa shape index (κ2) is 8.28. The molecule has 0 spiro atoms. The Balaban J connectivity index is 0.00000289. The van der Waals surface area contributed by atoms with Crippen molar-refractivity contribution in [3.8, 4) is 0 Å². The SMILES string of the molecule is C.CCCCOC(=O)c1ccc(C(=O)OC)cc1. The number of hydrogen-bond acceptors (Lipinski definition) is 4. The Kier molecular flexibility index (Phi) is 7.43. The van der Waals surface area contributed by atoms with Crippen LogP contribution in [0.15, 0.2) is 24.3 Å². The molecular weight excluding hydrogens is 232 g/mol. The zero-order valence-corrected chi connectivity index (χ0v) is 10.1. The van der Waals surface area contributed by atoms with E-state index in [2.05, 4.69) is 4.74 Å². The Morgan fingerprint density at radius 3 is 2.00 bits per heavy atom. The summed E-state index contributed by atoms with van der Waals surface area (Å²) in [4.78, 5) is 22.7. The van der Waals surface area contributed by atoms with Gasteiger partial charge in [0.1, 0.15) is 0 Å². The average molecular weight is 252 g/mol. The van der Waals surface area contributed by atoms with Crippen molar-refractivity contribution < 1.29 is 19.1 Å². The van der Waals surface area contributed by atoms with E-state index in [9.17, 15) is 9.59 Å². The normalized spacial score (nSPS) is 9.22. The minimum absolute atomic E-state index is 0. The van der Waals surface area contributed by atoms with Crippen LogP contribution in [0, 0.1) is 0 Å². The Labute approximate surface area is 108 Å². The molecule has 0 saturated carbocycles. The number of benzene rings is 1. The largest absolute Gasteiger partial charge is 0.465 e. The van der Waals surface area contributed by atoms with Crippen LogP contribution >= 0.6 is 0 Å². The minimum Gasteiger partial charge on any atom is -0.465 e. The van der Waals surface area contributed by atoms with Crippen molar-refractivity contribution in [2.75, 3.05) is 13.7 Å². The molecule has 1 aromatic carbocycles. The molecule has 0 radical (unpaired) electrons. The zero-order valence-electron chi connectivity index (χ0n) is 10.1. The van der Waals surface area contributed by atoms with Gasteiger partial charge in [-0.2, -0.15) is 0 Å². The molecule has 0 saturated heterocycles. The third-order valence-corrected chi connectivity index (χ3v) is 2.27. The molecule has 0 atom stereocenters. The summed E-state index contributed by atoms with van der Waals surface area (Å²) >= 11 is 0. The third kappa shape index (κ3) is 4.57. The smallest absolute Gasteiger partial charge is 0.338 e. The molecule has 0 aliphatic carbocycles. The van der Waals surface area contributed by atoms with Gasteiger partial charge in [-0.05, 0) is 30.7 Å². The van der Waals surface area contributed by atoms with Gasteiger partial charge >= 0.3 is 11.9 Å². The molecule has 0 amide bonds. The average Bonchev–Trinajstić information content (AvgIpc) is 2.38. The monoisotopic (exact) mass is 252 g/mol. The van der Waals surface area contributed by atoms with E-state index in [1.54, 1.807) is 24.3 Å². The van der Waals surface area contributed by atoms with Crippen LogP contribution in [0.1, 0.15) is 47.9 Å². The zero-order chi connectivity index (χ0) is 12.7. The van der Waals surface area contributed by atoms with Gasteiger partial charge in [-0.25, -0.2) is 9.59 Å². The van der Waals surface area contributed by atoms with Crippen LogP contribution in [-0.2, 0) is 9.47 Å². The summed E-state index contributed by atoms with van der Waals surface area (Å²) in [5.41, 5.74) is 0.853. The summed E-state index contributed by atoms with van der Waals surface area (Å²) in [6.07, 6.45) is 1.83. The van der Waals surface area contributed by atoms with Crippen molar-refractivity contribution in [3.63, 3.8) is 0 Å². The topological polar surface area (TPSA) is 52.6 Å². The van der Waals surface area contributed by atoms with Gasteiger partial charge in [-0.15, -0.1) is 0 Å². The molecular formula is C14H20O4. The quantitative estimate of drug-likeness (QED) is 0.597. The van der Waals surface area contributed by atoms with Crippen LogP contribution in [0.5, 0.6) is 0 Å². The van der Waals surface area contributed by atoms with Crippen LogP contribution in [-0.4, -0.2) is 25.7 Å². The van der Waals surface area contributed by atoms with Crippen LogP contribution in [0.2, 0.25) is 0 Å². The first-order valence-electron chi connectivity index (χ1n) is 5.54. The van der Waals surface area contributed by atoms with Crippen LogP contribution in [0.3, 0.4) is 0 Å². The molecule has 100 valence electrons. The number of ether oxygens (including phenoxy) is 2. The molecule has 0 heterocycles. The van der Waals surface area contributed by atoms with Gasteiger partial charge in [-0.3, -0.25) is 0 Å². The Bertz CT molecular complexity index is 381. The number of rotatable bonds is 5. The van der Waals surface area contributed by atoms with Gasteiger partial charge in [0.05, 0.1) is 24.8 Å². The molecule has 18 heavy (non-hydrogen) atoms. The predicted molar refractivity (Wildman–Crippen MR) is 69.7 cm³/mol. The Morgan fingerprint density at radius 2 is 1.56 bits per heavy atom. The Morgan fingerprint density at radius 1 is 1.06 bits per heavy atom. The second-order valence-electron chi connectivity index (χ2n) is 3.56. The lowest BCUT2D eigenvalue weighted by Gasteiger charge is -2.04. The molecule has 0 aliphatic rings. The first-order valence-corrected chi connectivity index (χ1v) is 5.54. The maximum absolute atomic E-state index is 11.5. The number of unbranched alkanes of at least 4 members (excludes halogenated alkanes) is 1. The first-order chi connectivity index (χ1) is 8.19. The van der Waals surface area contributed by atoms with Gasteiger partial charge in [0.15, 0.2) is 0 Å². The number of methoxy groups -OCH3 is 1. The van der Waals surface area contributed by atoms with Gasteiger partial charge in [0.2, 0.25) is 0 Å². The van der Waals surface area contributed by atoms with Crippen molar-refractivity contribution in [3.05, 3.63) is 35.4 Å².